The van der Waals surface area contributed by atoms with E-state index in [9.17, 15) is 4.39 Å². The monoisotopic (exact) mass is 504 g/mol. The minimum atomic E-state index is -0.387. The Kier molecular flexibility index (Phi) is 5.78. The molecule has 1 aromatic carbocycles. The maximum Gasteiger partial charge on any atom is 0.325 e. The number of anilines is 3. The zero-order chi connectivity index (χ0) is 24.6. The molecule has 0 atom stereocenters. The number of fused-ring (bicyclic) bond motifs is 1. The van der Waals surface area contributed by atoms with Gasteiger partial charge in [-0.1, -0.05) is 6.07 Å². The minimum absolute atomic E-state index is 0.133. The molecule has 1 aliphatic rings. The van der Waals surface area contributed by atoms with E-state index < -0.39 is 0 Å². The Labute approximate surface area is 211 Å². The summed E-state index contributed by atoms with van der Waals surface area (Å²) in [4.78, 5) is 17.8. The van der Waals surface area contributed by atoms with Gasteiger partial charge in [-0.3, -0.25) is 5.10 Å². The third-order valence-electron chi connectivity index (χ3n) is 6.14. The first kappa shape index (κ1) is 22.5. The van der Waals surface area contributed by atoms with Gasteiger partial charge in [-0.25, -0.2) is 4.39 Å². The first-order valence-corrected chi connectivity index (χ1v) is 12.5. The summed E-state index contributed by atoms with van der Waals surface area (Å²) in [5.74, 6) is 1.85. The SMILES string of the molecule is Cc1cc2cc(Oc3nc(Nc4cc(-c5cccs5)[nH]n4)cc(N4CCN(C)CC4)n3)cc(F)c2[nH]1. The van der Waals surface area contributed by atoms with Gasteiger partial charge < -0.3 is 24.8 Å². The maximum atomic E-state index is 14.7. The van der Waals surface area contributed by atoms with Gasteiger partial charge in [0.15, 0.2) is 11.6 Å². The standard InChI is InChI=1S/C25H25FN8OS/c1-15-10-16-11-17(12-18(26)24(16)27-15)35-25-29-21(14-23(30-25)34-7-5-33(2)6-8-34)28-22-13-19(31-32-22)20-4-3-9-36-20/h3-4,9-14,27H,5-8H2,1-2H3,(H2,28,29,30,31,32). The number of H-pyrrole nitrogens is 2. The number of ether oxygens (including phenoxy) is 1. The van der Waals surface area contributed by atoms with Gasteiger partial charge in [-0.2, -0.15) is 15.1 Å². The zero-order valence-corrected chi connectivity index (χ0v) is 20.7. The lowest BCUT2D eigenvalue weighted by Crippen LogP contribution is -2.44. The molecule has 3 N–H and O–H groups in total. The third-order valence-corrected chi connectivity index (χ3v) is 7.04. The molecule has 0 aliphatic carbocycles. The molecule has 0 amide bonds. The average Bonchev–Trinajstić information content (AvgIpc) is 3.60. The predicted octanol–water partition coefficient (Wildman–Crippen LogP) is 5.14. The Morgan fingerprint density at radius 3 is 2.72 bits per heavy atom. The molecule has 5 heterocycles. The fourth-order valence-electron chi connectivity index (χ4n) is 4.27. The van der Waals surface area contributed by atoms with Crippen molar-refractivity contribution >= 4 is 39.7 Å². The fourth-order valence-corrected chi connectivity index (χ4v) is 4.97. The van der Waals surface area contributed by atoms with Crippen molar-refractivity contribution in [1.29, 1.82) is 0 Å². The summed E-state index contributed by atoms with van der Waals surface area (Å²) < 4.78 is 20.7. The van der Waals surface area contributed by atoms with E-state index >= 15 is 0 Å². The molecule has 184 valence electrons. The van der Waals surface area contributed by atoms with Crippen LogP contribution in [0.25, 0.3) is 21.5 Å². The van der Waals surface area contributed by atoms with Crippen LogP contribution in [0.3, 0.4) is 0 Å². The van der Waals surface area contributed by atoms with Gasteiger partial charge in [0.2, 0.25) is 0 Å². The van der Waals surface area contributed by atoms with Crippen LogP contribution in [0.5, 0.6) is 11.8 Å². The quantitative estimate of drug-likeness (QED) is 0.294. The summed E-state index contributed by atoms with van der Waals surface area (Å²) in [6.07, 6.45) is 0. The number of benzene rings is 1. The van der Waals surface area contributed by atoms with E-state index in [0.717, 1.165) is 53.6 Å². The molecule has 9 nitrogen and oxygen atoms in total. The number of thiophene rings is 1. The van der Waals surface area contributed by atoms with E-state index in [0.29, 0.717) is 22.9 Å². The van der Waals surface area contributed by atoms with Crippen LogP contribution < -0.4 is 15.0 Å². The summed E-state index contributed by atoms with van der Waals surface area (Å²) in [6, 6.07) is 13.0. The van der Waals surface area contributed by atoms with Gasteiger partial charge in [0.05, 0.1) is 16.1 Å². The van der Waals surface area contributed by atoms with Crippen molar-refractivity contribution in [2.45, 2.75) is 6.92 Å². The van der Waals surface area contributed by atoms with E-state index in [4.69, 9.17) is 4.74 Å². The maximum absolute atomic E-state index is 14.7. The molecule has 1 aliphatic heterocycles. The Morgan fingerprint density at radius 2 is 1.92 bits per heavy atom. The second-order valence-corrected chi connectivity index (χ2v) is 9.82. The van der Waals surface area contributed by atoms with Gasteiger partial charge in [-0.15, -0.1) is 11.3 Å². The summed E-state index contributed by atoms with van der Waals surface area (Å²) in [7, 11) is 2.11. The number of aryl methyl sites for hydroxylation is 1. The van der Waals surface area contributed by atoms with Crippen molar-refractivity contribution in [3.05, 3.63) is 59.4 Å². The van der Waals surface area contributed by atoms with E-state index in [1.165, 1.54) is 6.07 Å². The first-order valence-electron chi connectivity index (χ1n) is 11.7. The highest BCUT2D eigenvalue weighted by Crippen LogP contribution is 2.30. The van der Waals surface area contributed by atoms with Gasteiger partial charge in [-0.05, 0) is 37.6 Å². The summed E-state index contributed by atoms with van der Waals surface area (Å²) in [6.45, 7) is 5.42. The van der Waals surface area contributed by atoms with Crippen molar-refractivity contribution in [2.75, 3.05) is 43.4 Å². The molecular formula is C25H25FN8OS. The van der Waals surface area contributed by atoms with Gasteiger partial charge in [0.25, 0.3) is 0 Å². The van der Waals surface area contributed by atoms with E-state index in [2.05, 4.69) is 47.3 Å². The van der Waals surface area contributed by atoms with E-state index in [-0.39, 0.29) is 11.8 Å². The molecule has 4 aromatic heterocycles. The number of nitrogens with zero attached hydrogens (tertiary/aromatic N) is 5. The van der Waals surface area contributed by atoms with Crippen LogP contribution >= 0.6 is 11.3 Å². The van der Waals surface area contributed by atoms with E-state index in [1.807, 2.05) is 42.6 Å². The number of piperazine rings is 1. The van der Waals surface area contributed by atoms with Crippen LogP contribution in [0.4, 0.5) is 21.8 Å². The van der Waals surface area contributed by atoms with Crippen LogP contribution in [0.1, 0.15) is 5.69 Å². The molecule has 11 heteroatoms. The van der Waals surface area contributed by atoms with Crippen molar-refractivity contribution in [3.8, 4) is 22.3 Å². The summed E-state index contributed by atoms with van der Waals surface area (Å²) >= 11 is 1.64. The molecule has 0 radical (unpaired) electrons. The Hall–Kier alpha value is -3.96. The Morgan fingerprint density at radius 1 is 1.06 bits per heavy atom. The zero-order valence-electron chi connectivity index (χ0n) is 19.9. The predicted molar refractivity (Wildman–Crippen MR) is 140 cm³/mol. The Balaban J connectivity index is 1.32. The molecule has 0 saturated carbocycles. The van der Waals surface area contributed by atoms with Crippen molar-refractivity contribution < 1.29 is 9.13 Å². The third kappa shape index (κ3) is 4.62. The minimum Gasteiger partial charge on any atom is -0.424 e. The number of nitrogens with one attached hydrogen (secondary N) is 3. The number of halogens is 1. The highest BCUT2D eigenvalue weighted by Gasteiger charge is 2.19. The van der Waals surface area contributed by atoms with Gasteiger partial charge in [0, 0.05) is 55.5 Å². The number of rotatable bonds is 6. The van der Waals surface area contributed by atoms with Crippen molar-refractivity contribution in [2.24, 2.45) is 0 Å². The topological polar surface area (TPSA) is 98.0 Å². The van der Waals surface area contributed by atoms with Crippen LogP contribution in [-0.4, -0.2) is 63.3 Å². The Bertz CT molecular complexity index is 1500. The van der Waals surface area contributed by atoms with Crippen LogP contribution in [-0.2, 0) is 0 Å². The van der Waals surface area contributed by atoms with Crippen molar-refractivity contribution in [1.82, 2.24) is 30.0 Å². The highest BCUT2D eigenvalue weighted by molar-refractivity contribution is 7.13. The number of aromatic nitrogens is 5. The van der Waals surface area contributed by atoms with Crippen LogP contribution in [0.2, 0.25) is 0 Å². The lowest BCUT2D eigenvalue weighted by molar-refractivity contribution is 0.311. The molecule has 36 heavy (non-hydrogen) atoms. The fraction of sp³-hybridized carbons (Fsp3) is 0.240. The molecule has 0 unspecified atom stereocenters. The highest BCUT2D eigenvalue weighted by atomic mass is 32.1. The second kappa shape index (κ2) is 9.25. The van der Waals surface area contributed by atoms with Gasteiger partial charge in [0.1, 0.15) is 17.4 Å². The summed E-state index contributed by atoms with van der Waals surface area (Å²) in [5, 5.41) is 13.4. The number of hydrogen-bond acceptors (Lipinski definition) is 8. The first-order chi connectivity index (χ1) is 17.5. The number of aromatic amines is 2. The smallest absolute Gasteiger partial charge is 0.325 e. The second-order valence-electron chi connectivity index (χ2n) is 8.88. The molecule has 1 saturated heterocycles. The molecule has 0 spiro atoms. The van der Waals surface area contributed by atoms with Crippen LogP contribution in [0, 0.1) is 12.7 Å². The number of hydrogen-bond donors (Lipinski definition) is 3. The normalized spacial score (nSPS) is 14.5. The number of likely N-dealkylation sites (N-methyl/N-ethyl adjacent to an activating group) is 1. The molecule has 1 fully saturated rings. The average molecular weight is 505 g/mol. The molecule has 6 rings (SSSR count). The lowest BCUT2D eigenvalue weighted by Gasteiger charge is -2.33. The van der Waals surface area contributed by atoms with Crippen molar-refractivity contribution in [3.63, 3.8) is 0 Å². The lowest BCUT2D eigenvalue weighted by atomic mass is 10.2. The molecule has 0 bridgehead atoms. The van der Waals surface area contributed by atoms with E-state index in [1.54, 1.807) is 17.4 Å². The van der Waals surface area contributed by atoms with Gasteiger partial charge >= 0.3 is 6.01 Å². The largest absolute Gasteiger partial charge is 0.424 e. The molecule has 5 aromatic rings. The van der Waals surface area contributed by atoms with Crippen LogP contribution in [0.15, 0.2) is 47.8 Å². The molecular weight excluding hydrogens is 479 g/mol. The summed E-state index contributed by atoms with van der Waals surface area (Å²) in [5.41, 5.74) is 2.25.